The van der Waals surface area contributed by atoms with Gasteiger partial charge in [0.15, 0.2) is 11.5 Å². The smallest absolute Gasteiger partial charge is 0.180 e. The second-order valence-electron chi connectivity index (χ2n) is 10.9. The van der Waals surface area contributed by atoms with Crippen molar-refractivity contribution in [2.75, 3.05) is 36.2 Å². The van der Waals surface area contributed by atoms with E-state index in [1.807, 2.05) is 58.4 Å². The maximum atomic E-state index is 6.28. The van der Waals surface area contributed by atoms with Crippen LogP contribution in [-0.4, -0.2) is 36.2 Å². The molecule has 3 aliphatic heterocycles. The van der Waals surface area contributed by atoms with Crippen LogP contribution in [0.5, 0.6) is 11.5 Å². The minimum Gasteiger partial charge on any atom is -0.485 e. The zero-order valence-corrected chi connectivity index (χ0v) is 34.7. The van der Waals surface area contributed by atoms with E-state index in [4.69, 9.17) is 9.47 Å². The van der Waals surface area contributed by atoms with E-state index in [1.165, 1.54) is 135 Å². The van der Waals surface area contributed by atoms with Crippen LogP contribution < -0.4 is 9.47 Å². The van der Waals surface area contributed by atoms with E-state index in [1.54, 1.807) is 0 Å². The van der Waals surface area contributed by atoms with Gasteiger partial charge in [-0.15, -0.1) is 58.4 Å². The number of fused-ring (bicyclic) bond motifs is 1. The summed E-state index contributed by atoms with van der Waals surface area (Å²) in [5, 5.41) is 0. The van der Waals surface area contributed by atoms with E-state index < -0.39 is 0 Å². The third-order valence-corrected chi connectivity index (χ3v) is 19.1. The first-order chi connectivity index (χ1) is 22.2. The molecule has 45 heavy (non-hydrogen) atoms. The Morgan fingerprint density at radius 3 is 1.09 bits per heavy atom. The molecule has 2 nitrogen and oxygen atoms in total. The van der Waals surface area contributed by atoms with E-state index in [2.05, 4.69) is 86.9 Å². The van der Waals surface area contributed by atoms with Crippen LogP contribution in [-0.2, 0) is 0 Å². The first-order valence-corrected chi connectivity index (χ1v) is 24.8. The van der Waals surface area contributed by atoms with Crippen molar-refractivity contribution in [2.45, 2.75) is 105 Å². The van der Waals surface area contributed by atoms with Crippen molar-refractivity contribution in [1.82, 2.24) is 0 Å². The lowest BCUT2D eigenvalue weighted by Gasteiger charge is -2.16. The van der Waals surface area contributed by atoms with Crippen LogP contribution >= 0.6 is 105 Å². The Bertz CT molecular complexity index is 1040. The first-order valence-electron chi connectivity index (χ1n) is 16.7. The number of unbranched alkanes of at least 4 members (excludes halogenated alkanes) is 8. The fourth-order valence-corrected chi connectivity index (χ4v) is 17.7. The van der Waals surface area contributed by atoms with Crippen LogP contribution in [0.4, 0.5) is 0 Å². The zero-order chi connectivity index (χ0) is 31.7. The zero-order valence-electron chi connectivity index (χ0n) is 27.4. The van der Waals surface area contributed by atoms with Gasteiger partial charge in [-0.1, -0.05) is 126 Å². The van der Waals surface area contributed by atoms with Crippen molar-refractivity contribution in [3.63, 3.8) is 0 Å². The van der Waals surface area contributed by atoms with Crippen molar-refractivity contribution in [3.05, 3.63) is 35.2 Å². The Balaban J connectivity index is 1.49. The van der Waals surface area contributed by atoms with Gasteiger partial charge >= 0.3 is 0 Å². The molecule has 4 rings (SSSR count). The van der Waals surface area contributed by atoms with Crippen molar-refractivity contribution in [1.29, 1.82) is 0 Å². The maximum absolute atomic E-state index is 6.28. The second kappa shape index (κ2) is 22.7. The third kappa shape index (κ3) is 13.0. The molecule has 0 radical (unpaired) electrons. The van der Waals surface area contributed by atoms with E-state index in [9.17, 15) is 0 Å². The topological polar surface area (TPSA) is 18.5 Å². The Hall–Kier alpha value is 1.06. The molecule has 0 amide bonds. The molecule has 0 unspecified atom stereocenters. The molecule has 1 aromatic heterocycles. The largest absolute Gasteiger partial charge is 0.485 e. The number of hydrogen-bond donors (Lipinski definition) is 0. The first kappa shape index (κ1) is 38.9. The lowest BCUT2D eigenvalue weighted by molar-refractivity contribution is 0.173. The molecule has 1 aromatic rings. The summed E-state index contributed by atoms with van der Waals surface area (Å²) < 4.78 is 21.3. The number of hydrogen-bond acceptors (Lipinski definition) is 11. The SMILES string of the molecule is CCCCCSC1=C(SCCCCC)SC(=Cc2sc(C=C3SC(SCCCCC)=C(SCCCCC)S3)c3c2OCCO3)S1. The van der Waals surface area contributed by atoms with Crippen LogP contribution in [0.3, 0.4) is 0 Å². The lowest BCUT2D eigenvalue weighted by Crippen LogP contribution is -2.14. The lowest BCUT2D eigenvalue weighted by atomic mass is 10.3. The van der Waals surface area contributed by atoms with Gasteiger partial charge in [-0.2, -0.15) is 0 Å². The normalized spacial score (nSPS) is 16.4. The Morgan fingerprint density at radius 1 is 0.489 bits per heavy atom. The highest BCUT2D eigenvalue weighted by Crippen LogP contribution is 2.61. The van der Waals surface area contributed by atoms with Crippen LogP contribution in [0.2, 0.25) is 0 Å². The molecule has 252 valence electrons. The predicted molar refractivity (Wildman–Crippen MR) is 224 cm³/mol. The second-order valence-corrected chi connectivity index (χ2v) is 22.2. The summed E-state index contributed by atoms with van der Waals surface area (Å²) in [5.41, 5.74) is 0. The standard InChI is InChI=1S/C34H50O2S9/c1-5-9-13-19-37-31-32(38-20-14-10-6-2)43-27(42-31)23-25-29-30(36-18-17-35-29)26(41-25)24-28-44-33(39-21-15-11-7-3)34(45-28)40-22-16-12-8-4/h23-24H,5-22H2,1-4H3. The third-order valence-electron chi connectivity index (χ3n) is 6.98. The van der Waals surface area contributed by atoms with Gasteiger partial charge in [-0.3, -0.25) is 0 Å². The average Bonchev–Trinajstić information content (AvgIpc) is 3.73. The van der Waals surface area contributed by atoms with Crippen molar-refractivity contribution >= 4 is 118 Å². The average molecular weight is 779 g/mol. The number of ether oxygens (including phenoxy) is 2. The molecule has 0 fully saturated rings. The van der Waals surface area contributed by atoms with Gasteiger partial charge in [-0.05, 0) is 60.8 Å². The van der Waals surface area contributed by atoms with Gasteiger partial charge in [0.2, 0.25) is 0 Å². The fourth-order valence-electron chi connectivity index (χ4n) is 4.51. The molecule has 0 saturated heterocycles. The Labute approximate surface area is 311 Å². The molecule has 0 saturated carbocycles. The Morgan fingerprint density at radius 2 is 0.800 bits per heavy atom. The minimum atomic E-state index is 0.619. The molecule has 0 aromatic carbocycles. The quantitative estimate of drug-likeness (QED) is 0.105. The highest BCUT2D eigenvalue weighted by molar-refractivity contribution is 8.41. The van der Waals surface area contributed by atoms with Gasteiger partial charge in [0.25, 0.3) is 0 Å². The summed E-state index contributed by atoms with van der Waals surface area (Å²) in [6.07, 6.45) is 20.3. The van der Waals surface area contributed by atoms with Crippen LogP contribution in [0.1, 0.15) is 114 Å². The molecule has 0 spiro atoms. The molecule has 0 N–H and O–H groups in total. The van der Waals surface area contributed by atoms with Crippen LogP contribution in [0.25, 0.3) is 12.2 Å². The molecule has 11 heteroatoms. The summed E-state index contributed by atoms with van der Waals surface area (Å²) in [6, 6.07) is 0. The summed E-state index contributed by atoms with van der Waals surface area (Å²) in [7, 11) is 0. The van der Waals surface area contributed by atoms with Crippen LogP contribution in [0.15, 0.2) is 25.4 Å². The maximum Gasteiger partial charge on any atom is 0.180 e. The van der Waals surface area contributed by atoms with Gasteiger partial charge in [0, 0.05) is 0 Å². The van der Waals surface area contributed by atoms with Crippen molar-refractivity contribution < 1.29 is 9.47 Å². The van der Waals surface area contributed by atoms with Gasteiger partial charge < -0.3 is 9.47 Å². The fraction of sp³-hybridized carbons (Fsp3) is 0.647. The van der Waals surface area contributed by atoms with E-state index in [-0.39, 0.29) is 0 Å². The monoisotopic (exact) mass is 778 g/mol. The molecule has 0 aliphatic carbocycles. The summed E-state index contributed by atoms with van der Waals surface area (Å²) in [4.78, 5) is 2.40. The number of thiophene rings is 1. The van der Waals surface area contributed by atoms with E-state index in [0.717, 1.165) is 11.5 Å². The van der Waals surface area contributed by atoms with E-state index in [0.29, 0.717) is 13.2 Å². The molecule has 3 aliphatic rings. The van der Waals surface area contributed by atoms with Crippen LogP contribution in [0, 0.1) is 0 Å². The summed E-state index contributed by atoms with van der Waals surface area (Å²) in [5.74, 6) is 6.75. The van der Waals surface area contributed by atoms with Gasteiger partial charge in [-0.25, -0.2) is 0 Å². The molecule has 4 heterocycles. The highest BCUT2D eigenvalue weighted by atomic mass is 32.3. The predicted octanol–water partition coefficient (Wildman–Crippen LogP) is 15.0. The number of rotatable bonds is 22. The van der Waals surface area contributed by atoms with E-state index >= 15 is 0 Å². The van der Waals surface area contributed by atoms with Gasteiger partial charge in [0.05, 0.1) is 35.2 Å². The Kier molecular flexibility index (Phi) is 19.6. The van der Waals surface area contributed by atoms with Crippen molar-refractivity contribution in [2.24, 2.45) is 0 Å². The summed E-state index contributed by atoms with van der Waals surface area (Å²) >= 11 is 18.0. The number of thioether (sulfide) groups is 8. The van der Waals surface area contributed by atoms with Crippen molar-refractivity contribution in [3.8, 4) is 11.5 Å². The summed E-state index contributed by atoms with van der Waals surface area (Å²) in [6.45, 7) is 10.4. The minimum absolute atomic E-state index is 0.619. The molecule has 0 bridgehead atoms. The molecular formula is C34H50O2S9. The molecule has 0 atom stereocenters. The molecular weight excluding hydrogens is 729 g/mol. The van der Waals surface area contributed by atoms with Gasteiger partial charge in [0.1, 0.15) is 13.2 Å². The highest BCUT2D eigenvalue weighted by Gasteiger charge is 2.28.